The molecule has 0 aromatic heterocycles. The van der Waals surface area contributed by atoms with Gasteiger partial charge in [0.05, 0.1) is 6.07 Å². The smallest absolute Gasteiger partial charge is 0.183 e. The van der Waals surface area contributed by atoms with Crippen molar-refractivity contribution >= 4 is 5.78 Å². The normalized spacial score (nSPS) is 20.2. The summed E-state index contributed by atoms with van der Waals surface area (Å²) in [4.78, 5) is 12.4. The van der Waals surface area contributed by atoms with Crippen LogP contribution in [0.25, 0.3) is 0 Å². The predicted molar refractivity (Wildman–Crippen MR) is 64.7 cm³/mol. The van der Waals surface area contributed by atoms with Crippen LogP contribution in [0.3, 0.4) is 0 Å². The summed E-state index contributed by atoms with van der Waals surface area (Å²) in [6.07, 6.45) is 5.88. The molecule has 0 aliphatic heterocycles. The number of hydrogen-bond donors (Lipinski definition) is 0. The summed E-state index contributed by atoms with van der Waals surface area (Å²) >= 11 is 0. The summed E-state index contributed by atoms with van der Waals surface area (Å²) in [7, 11) is 0. The lowest BCUT2D eigenvalue weighted by molar-refractivity contribution is 0.0748. The van der Waals surface area contributed by atoms with Crippen LogP contribution in [0, 0.1) is 16.7 Å². The summed E-state index contributed by atoms with van der Waals surface area (Å²) in [5.41, 5.74) is 2.73. The minimum atomic E-state index is -0.702. The molecule has 0 atom stereocenters. The molecule has 2 heteroatoms. The molecule has 0 saturated heterocycles. The molecule has 86 valence electrons. The number of nitriles is 1. The molecule has 0 amide bonds. The van der Waals surface area contributed by atoms with Crippen molar-refractivity contribution in [2.45, 2.75) is 38.5 Å². The molecule has 17 heavy (non-hydrogen) atoms. The first-order valence-corrected chi connectivity index (χ1v) is 6.33. The van der Waals surface area contributed by atoms with E-state index in [1.807, 2.05) is 12.1 Å². The van der Waals surface area contributed by atoms with Crippen molar-refractivity contribution in [3.63, 3.8) is 0 Å². The van der Waals surface area contributed by atoms with Crippen molar-refractivity contribution in [1.29, 1.82) is 5.26 Å². The second-order valence-electron chi connectivity index (χ2n) is 5.21. The zero-order valence-corrected chi connectivity index (χ0v) is 9.83. The number of benzene rings is 1. The number of hydrogen-bond acceptors (Lipinski definition) is 2. The zero-order valence-electron chi connectivity index (χ0n) is 9.83. The Labute approximate surface area is 101 Å². The first-order chi connectivity index (χ1) is 8.25. The largest absolute Gasteiger partial charge is 0.292 e. The van der Waals surface area contributed by atoms with Gasteiger partial charge in [0.15, 0.2) is 5.78 Å². The van der Waals surface area contributed by atoms with E-state index in [-0.39, 0.29) is 5.78 Å². The van der Waals surface area contributed by atoms with Crippen LogP contribution in [-0.4, -0.2) is 5.78 Å². The molecule has 2 aliphatic carbocycles. The summed E-state index contributed by atoms with van der Waals surface area (Å²) in [5, 5.41) is 9.19. The molecule has 0 N–H and O–H groups in total. The van der Waals surface area contributed by atoms with Gasteiger partial charge in [-0.05, 0) is 55.7 Å². The second kappa shape index (κ2) is 3.70. The second-order valence-corrected chi connectivity index (χ2v) is 5.21. The monoisotopic (exact) mass is 225 g/mol. The van der Waals surface area contributed by atoms with Crippen LogP contribution in [0.1, 0.15) is 47.2 Å². The number of rotatable bonds is 2. The molecule has 0 spiro atoms. The van der Waals surface area contributed by atoms with Crippen LogP contribution in [-0.2, 0) is 12.8 Å². The Morgan fingerprint density at radius 3 is 2.59 bits per heavy atom. The summed E-state index contributed by atoms with van der Waals surface area (Å²) in [6, 6.07) is 8.22. The topological polar surface area (TPSA) is 40.9 Å². The van der Waals surface area contributed by atoms with E-state index in [0.29, 0.717) is 0 Å². The highest BCUT2D eigenvalue weighted by molar-refractivity contribution is 6.03. The molecule has 2 aliphatic rings. The van der Waals surface area contributed by atoms with E-state index in [1.54, 1.807) is 0 Å². The van der Waals surface area contributed by atoms with E-state index in [0.717, 1.165) is 37.7 Å². The predicted octanol–water partition coefficient (Wildman–Crippen LogP) is 3.05. The van der Waals surface area contributed by atoms with Gasteiger partial charge in [0.25, 0.3) is 0 Å². The number of carbonyl (C=O) groups excluding carboxylic acids is 1. The fraction of sp³-hybridized carbons (Fsp3) is 0.467. The molecule has 0 radical (unpaired) electrons. The average molecular weight is 225 g/mol. The van der Waals surface area contributed by atoms with Crippen molar-refractivity contribution in [3.05, 3.63) is 34.9 Å². The van der Waals surface area contributed by atoms with E-state index in [9.17, 15) is 10.1 Å². The van der Waals surface area contributed by atoms with Gasteiger partial charge in [-0.15, -0.1) is 0 Å². The minimum Gasteiger partial charge on any atom is -0.292 e. The molecule has 0 bridgehead atoms. The number of aryl methyl sites for hydroxylation is 2. The van der Waals surface area contributed by atoms with E-state index in [4.69, 9.17) is 0 Å². The Kier molecular flexibility index (Phi) is 2.29. The number of carbonyl (C=O) groups is 1. The Hall–Kier alpha value is -1.62. The van der Waals surface area contributed by atoms with Gasteiger partial charge >= 0.3 is 0 Å². The quantitative estimate of drug-likeness (QED) is 0.726. The van der Waals surface area contributed by atoms with Crippen LogP contribution >= 0.6 is 0 Å². The molecule has 1 saturated carbocycles. The number of fused-ring (bicyclic) bond motifs is 1. The molecule has 2 nitrogen and oxygen atoms in total. The summed E-state index contributed by atoms with van der Waals surface area (Å²) < 4.78 is 0. The van der Waals surface area contributed by atoms with Gasteiger partial charge in [0, 0.05) is 5.56 Å². The third-order valence-electron chi connectivity index (χ3n) is 4.22. The highest BCUT2D eigenvalue weighted by Gasteiger charge is 2.44. The fourth-order valence-electron chi connectivity index (χ4n) is 2.91. The highest BCUT2D eigenvalue weighted by Crippen LogP contribution is 2.43. The Morgan fingerprint density at radius 2 is 1.94 bits per heavy atom. The molecule has 1 aromatic carbocycles. The maximum atomic E-state index is 12.4. The Balaban J connectivity index is 1.95. The first-order valence-electron chi connectivity index (χ1n) is 6.33. The zero-order chi connectivity index (χ0) is 11.9. The summed E-state index contributed by atoms with van der Waals surface area (Å²) in [6.45, 7) is 0. The maximum absolute atomic E-state index is 12.4. The van der Waals surface area contributed by atoms with Gasteiger partial charge in [-0.25, -0.2) is 0 Å². The van der Waals surface area contributed by atoms with Crippen molar-refractivity contribution in [3.8, 4) is 6.07 Å². The van der Waals surface area contributed by atoms with E-state index < -0.39 is 5.41 Å². The standard InChI is InChI=1S/C15H15NO/c16-10-15(7-2-8-15)14(17)13-6-5-11-3-1-4-12(11)9-13/h5-6,9H,1-4,7-8H2. The summed E-state index contributed by atoms with van der Waals surface area (Å²) in [5.74, 6) is 0.0425. The Bertz CT molecular complexity index is 520. The fourth-order valence-corrected chi connectivity index (χ4v) is 2.91. The van der Waals surface area contributed by atoms with Crippen molar-refractivity contribution in [2.24, 2.45) is 5.41 Å². The van der Waals surface area contributed by atoms with Crippen molar-refractivity contribution < 1.29 is 4.79 Å². The van der Waals surface area contributed by atoms with Crippen LogP contribution in [0.15, 0.2) is 18.2 Å². The van der Waals surface area contributed by atoms with Crippen LogP contribution in [0.4, 0.5) is 0 Å². The molecule has 1 fully saturated rings. The van der Waals surface area contributed by atoms with Gasteiger partial charge in [-0.2, -0.15) is 5.26 Å². The highest BCUT2D eigenvalue weighted by atomic mass is 16.1. The molecule has 0 unspecified atom stereocenters. The van der Waals surface area contributed by atoms with E-state index >= 15 is 0 Å². The lowest BCUT2D eigenvalue weighted by atomic mass is 9.65. The lowest BCUT2D eigenvalue weighted by Crippen LogP contribution is -2.36. The van der Waals surface area contributed by atoms with Gasteiger partial charge in [0.2, 0.25) is 0 Å². The SMILES string of the molecule is N#CC1(C(=O)c2ccc3c(c2)CCC3)CCC1. The van der Waals surface area contributed by atoms with Gasteiger partial charge < -0.3 is 0 Å². The van der Waals surface area contributed by atoms with Gasteiger partial charge in [0.1, 0.15) is 5.41 Å². The number of nitrogens with zero attached hydrogens (tertiary/aromatic N) is 1. The average Bonchev–Trinajstić information content (AvgIpc) is 2.74. The van der Waals surface area contributed by atoms with Crippen molar-refractivity contribution in [2.75, 3.05) is 0 Å². The number of Topliss-reactive ketones (excluding diaryl/α,β-unsaturated/α-hetero) is 1. The van der Waals surface area contributed by atoms with Crippen LogP contribution < -0.4 is 0 Å². The molecule has 0 heterocycles. The van der Waals surface area contributed by atoms with Gasteiger partial charge in [-0.3, -0.25) is 4.79 Å². The van der Waals surface area contributed by atoms with E-state index in [1.165, 1.54) is 17.5 Å². The van der Waals surface area contributed by atoms with E-state index in [2.05, 4.69) is 12.1 Å². The number of ketones is 1. The molecule has 1 aromatic rings. The third-order valence-corrected chi connectivity index (χ3v) is 4.22. The molecule has 3 rings (SSSR count). The molecular weight excluding hydrogens is 210 g/mol. The van der Waals surface area contributed by atoms with Gasteiger partial charge in [-0.1, -0.05) is 12.1 Å². The first kappa shape index (κ1) is 10.5. The molecular formula is C15H15NO. The van der Waals surface area contributed by atoms with Crippen LogP contribution in [0.2, 0.25) is 0 Å². The minimum absolute atomic E-state index is 0.0425. The Morgan fingerprint density at radius 1 is 1.18 bits per heavy atom. The maximum Gasteiger partial charge on any atom is 0.183 e. The lowest BCUT2D eigenvalue weighted by Gasteiger charge is -2.33. The third kappa shape index (κ3) is 1.50. The van der Waals surface area contributed by atoms with Crippen LogP contribution in [0.5, 0.6) is 0 Å². The van der Waals surface area contributed by atoms with Crippen molar-refractivity contribution in [1.82, 2.24) is 0 Å².